The first-order valence-electron chi connectivity index (χ1n) is 21.6. The van der Waals surface area contributed by atoms with Gasteiger partial charge >= 0.3 is 13.8 Å². The summed E-state index contributed by atoms with van der Waals surface area (Å²) in [6.45, 7) is 11.4. The second-order valence-corrected chi connectivity index (χ2v) is 20.0. The molecule has 0 N–H and O–H groups in total. The monoisotopic (exact) mass is 902 g/mol. The van der Waals surface area contributed by atoms with Gasteiger partial charge in [-0.15, -0.1) is 0 Å². The summed E-state index contributed by atoms with van der Waals surface area (Å²) < 4.78 is 87.1. The van der Waals surface area contributed by atoms with Crippen molar-refractivity contribution in [1.82, 2.24) is 0 Å². The largest absolute Gasteiger partial charge is 0.530 e. The Balaban J connectivity index is 1.01. The zero-order chi connectivity index (χ0) is 44.1. The number of fused-ring (bicyclic) bond motifs is 2. The number of methoxy groups -OCH3 is 2. The fourth-order valence-corrected chi connectivity index (χ4v) is 12.1. The minimum atomic E-state index is -4.33. The lowest BCUT2D eigenvalue weighted by molar-refractivity contribution is -0.239. The molecular formula is C46H60ClO14P. The Labute approximate surface area is 369 Å². The van der Waals surface area contributed by atoms with Crippen LogP contribution >= 0.6 is 19.4 Å². The van der Waals surface area contributed by atoms with Crippen molar-refractivity contribution in [2.75, 3.05) is 27.9 Å². The van der Waals surface area contributed by atoms with E-state index in [9.17, 15) is 9.36 Å². The number of carbonyl (C=O) groups excluding carboxylic acids is 1. The number of rotatable bonds is 16. The maximum atomic E-state index is 14.4. The van der Waals surface area contributed by atoms with Crippen molar-refractivity contribution in [3.63, 3.8) is 0 Å². The molecule has 8 atom stereocenters. The molecule has 62 heavy (non-hydrogen) atoms. The van der Waals surface area contributed by atoms with E-state index in [1.54, 1.807) is 72.1 Å². The van der Waals surface area contributed by atoms with E-state index in [4.69, 9.17) is 67.8 Å². The molecule has 2 saturated heterocycles. The van der Waals surface area contributed by atoms with E-state index in [2.05, 4.69) is 0 Å². The standard InChI is InChI=1S/C46H60ClO14P/c1-10-53-25(2)55-39-40-42(58-45(3,4)56-40)44(43-41(39)57-46(5,6)59-43)61-62(49,52-9)60-32-15-11-26(12-16-32)24-54-37-29(14-18-34(48)50-7)13-17-33(36(37)47)38(51-8)35-30-20-27-19-28(22-30)23-31(35)21-27/h11-18,25,27-28,30-31,39-44H,10,19-24H2,1-9H3/b18-14+,38-35?/t25?,27?,28?,30?,31?,39?,40-,41+,42-,43-,44?,62?/m1/s1. The highest BCUT2D eigenvalue weighted by Gasteiger charge is 2.66. The van der Waals surface area contributed by atoms with E-state index in [-0.39, 0.29) is 12.4 Å². The fraction of sp³-hybridized carbons (Fsp3) is 0.630. The maximum absolute atomic E-state index is 14.4. The van der Waals surface area contributed by atoms with Crippen molar-refractivity contribution in [2.45, 2.75) is 135 Å². The number of phosphoric ester groups is 1. The smallest absolute Gasteiger partial charge is 0.496 e. The number of hydrogen-bond acceptors (Lipinski definition) is 14. The summed E-state index contributed by atoms with van der Waals surface area (Å²) in [6, 6.07) is 10.7. The van der Waals surface area contributed by atoms with Gasteiger partial charge in [-0.2, -0.15) is 0 Å². The molecule has 5 aliphatic carbocycles. The SMILES string of the molecule is CCOC(C)OC1[C@H]2OC(C)(C)O[C@H]2C(OP(=O)(OC)Oc2ccc(COc3c(/C=C/C(=O)OC)ccc(C(OC)=C4C5CC6CC(C5)CC4C6)c3Cl)cc2)[C@@H]2OC(C)(C)O[C@@H]12. The van der Waals surface area contributed by atoms with E-state index in [0.717, 1.165) is 28.7 Å². The molecule has 7 fully saturated rings. The Bertz CT molecular complexity index is 2010. The highest BCUT2D eigenvalue weighted by atomic mass is 35.5. The van der Waals surface area contributed by atoms with Crippen LogP contribution < -0.4 is 9.26 Å². The van der Waals surface area contributed by atoms with Crippen molar-refractivity contribution in [1.29, 1.82) is 0 Å². The summed E-state index contributed by atoms with van der Waals surface area (Å²) in [5.41, 5.74) is 3.48. The van der Waals surface area contributed by atoms with E-state index in [0.29, 0.717) is 34.8 Å². The average molecular weight is 903 g/mol. The van der Waals surface area contributed by atoms with Crippen molar-refractivity contribution < 1.29 is 65.6 Å². The van der Waals surface area contributed by atoms with Crippen LogP contribution in [0, 0.1) is 23.7 Å². The second-order valence-electron chi connectivity index (χ2n) is 18.0. The van der Waals surface area contributed by atoms with Gasteiger partial charge in [0.05, 0.1) is 19.2 Å². The van der Waals surface area contributed by atoms with Crippen LogP contribution in [0.3, 0.4) is 0 Å². The maximum Gasteiger partial charge on any atom is 0.530 e. The Morgan fingerprint density at radius 1 is 0.839 bits per heavy atom. The van der Waals surface area contributed by atoms with Gasteiger partial charge in [-0.25, -0.2) is 9.36 Å². The summed E-state index contributed by atoms with van der Waals surface area (Å²) >= 11 is 7.24. The molecule has 9 rings (SSSR count). The first-order chi connectivity index (χ1) is 29.5. The molecule has 2 aromatic rings. The second kappa shape index (κ2) is 18.1. The number of allylic oxidation sites excluding steroid dienone is 1. The molecule has 4 bridgehead atoms. The Hall–Kier alpha value is -3.01. The van der Waals surface area contributed by atoms with Crippen molar-refractivity contribution in [2.24, 2.45) is 23.7 Å². The zero-order valence-corrected chi connectivity index (χ0v) is 38.6. The third-order valence-corrected chi connectivity index (χ3v) is 14.6. The molecule has 2 heterocycles. The van der Waals surface area contributed by atoms with Gasteiger partial charge in [0.2, 0.25) is 0 Å². The number of ether oxygens (including phenoxy) is 9. The number of hydrogen-bond donors (Lipinski definition) is 0. The summed E-state index contributed by atoms with van der Waals surface area (Å²) in [6.07, 6.45) is 3.85. The minimum Gasteiger partial charge on any atom is -0.496 e. The van der Waals surface area contributed by atoms with Crippen LogP contribution in [0.2, 0.25) is 5.02 Å². The van der Waals surface area contributed by atoms with Crippen molar-refractivity contribution >= 4 is 37.2 Å². The quantitative estimate of drug-likeness (QED) is 0.0519. The van der Waals surface area contributed by atoms with Crippen LogP contribution in [0.15, 0.2) is 48.0 Å². The van der Waals surface area contributed by atoms with E-state index in [1.165, 1.54) is 58.0 Å². The number of benzene rings is 2. The molecule has 0 aromatic heterocycles. The van der Waals surface area contributed by atoms with Gasteiger partial charge < -0.3 is 47.2 Å². The highest BCUT2D eigenvalue weighted by molar-refractivity contribution is 7.48. The first-order valence-corrected chi connectivity index (χ1v) is 23.5. The minimum absolute atomic E-state index is 0.105. The normalized spacial score (nSPS) is 32.8. The van der Waals surface area contributed by atoms with Crippen LogP contribution in [-0.2, 0) is 62.9 Å². The molecule has 340 valence electrons. The summed E-state index contributed by atoms with van der Waals surface area (Å²) in [4.78, 5) is 12.1. The predicted octanol–water partition coefficient (Wildman–Crippen LogP) is 9.26. The highest BCUT2D eigenvalue weighted by Crippen LogP contribution is 2.59. The molecular weight excluding hydrogens is 843 g/mol. The summed E-state index contributed by atoms with van der Waals surface area (Å²) in [5, 5.41) is 0.391. The van der Waals surface area contributed by atoms with E-state index < -0.39 is 68.3 Å². The van der Waals surface area contributed by atoms with Gasteiger partial charge in [-0.1, -0.05) is 29.8 Å². The van der Waals surface area contributed by atoms with E-state index >= 15 is 0 Å². The van der Waals surface area contributed by atoms with Crippen LogP contribution in [0.1, 0.15) is 90.3 Å². The first kappa shape index (κ1) is 45.6. The molecule has 2 aliphatic heterocycles. The van der Waals surface area contributed by atoms with Crippen LogP contribution in [0.5, 0.6) is 11.5 Å². The molecule has 0 amide bonds. The molecule has 4 unspecified atom stereocenters. The van der Waals surface area contributed by atoms with Crippen molar-refractivity contribution in [3.8, 4) is 11.5 Å². The number of esters is 1. The summed E-state index contributed by atoms with van der Waals surface area (Å²) in [5.74, 6) is 1.44. The number of carbonyl (C=O) groups is 1. The lowest BCUT2D eigenvalue weighted by atomic mass is 9.54. The fourth-order valence-electron chi connectivity index (χ4n) is 10.7. The Kier molecular flexibility index (Phi) is 13.3. The van der Waals surface area contributed by atoms with Crippen LogP contribution in [0.25, 0.3) is 11.8 Å². The van der Waals surface area contributed by atoms with Gasteiger partial charge in [0, 0.05) is 30.9 Å². The number of phosphoric acid groups is 1. The molecule has 16 heteroatoms. The van der Waals surface area contributed by atoms with E-state index in [1.807, 2.05) is 19.1 Å². The van der Waals surface area contributed by atoms with Gasteiger partial charge in [0.25, 0.3) is 0 Å². The average Bonchev–Trinajstić information content (AvgIpc) is 3.74. The van der Waals surface area contributed by atoms with Gasteiger partial charge in [0.1, 0.15) is 60.5 Å². The third kappa shape index (κ3) is 9.38. The van der Waals surface area contributed by atoms with Gasteiger partial charge in [0.15, 0.2) is 17.9 Å². The lowest BCUT2D eigenvalue weighted by Crippen LogP contribution is -2.63. The molecule has 14 nitrogen and oxygen atoms in total. The molecule has 2 aromatic carbocycles. The predicted molar refractivity (Wildman–Crippen MR) is 228 cm³/mol. The molecule has 5 saturated carbocycles. The Morgan fingerprint density at radius 2 is 1.42 bits per heavy atom. The van der Waals surface area contributed by atoms with Gasteiger partial charge in [-0.05, 0) is 133 Å². The topological polar surface area (TPSA) is 145 Å². The molecule has 7 aliphatic rings. The third-order valence-electron chi connectivity index (χ3n) is 12.8. The van der Waals surface area contributed by atoms with Crippen molar-refractivity contribution in [3.05, 3.63) is 69.8 Å². The van der Waals surface area contributed by atoms with Crippen LogP contribution in [-0.4, -0.2) is 88.4 Å². The number of halogens is 1. The summed E-state index contributed by atoms with van der Waals surface area (Å²) in [7, 11) is -0.0442. The molecule has 0 radical (unpaired) electrons. The zero-order valence-electron chi connectivity index (χ0n) is 37.0. The van der Waals surface area contributed by atoms with Crippen LogP contribution in [0.4, 0.5) is 0 Å². The lowest BCUT2D eigenvalue weighted by Gasteiger charge is -2.51. The van der Waals surface area contributed by atoms with Gasteiger partial charge in [-0.3, -0.25) is 9.05 Å². The molecule has 0 spiro atoms. The Morgan fingerprint density at radius 3 is 1.95 bits per heavy atom.